The monoisotopic (exact) mass is 1010 g/mol. The standard InChI is InChI=1S/C25H43NO6S.C24H41NO6S.H3N.Na.H2O/c1-15(5-8-22(28)32-4)18-6-7-19-23-20(10-12-25(18,19)3)24(2)11-9-17(27)13-16(24)14-21(23)26-33(29,30)31;1-14(4-7-21(27)28)17-5-6-18-22-19(9-11-24(17,18)3)23(2)10-8-16(26)12-15(23)13-20(22)25-32(29,30)31;;;/h15-21,23,26-27H,5-14H2,1-4H3,(H,29,30,31);14-20,22,25-26H,4-13H2,1-3H3,(H,27,28)(H,29,30,31);1H3;;1H2/q;;;+1;/p-1/t15-,16+,17-,18-,19+,20+,21-,23+,24+,25-;14-,15+,16-,17-,18+,19+,20-,22+,23+,24-;;;/m11.../s1. The van der Waals surface area contributed by atoms with Crippen molar-refractivity contribution < 1.29 is 90.6 Å². The maximum Gasteiger partial charge on any atom is 1.00 e. The van der Waals surface area contributed by atoms with E-state index in [1.165, 1.54) is 7.11 Å². The number of fused-ring (bicyclic) bond motifs is 10. The quantitative estimate of drug-likeness (QED) is 0.0793. The molecule has 0 amide bonds. The normalized spacial score (nSPS) is 44.6. The van der Waals surface area contributed by atoms with Gasteiger partial charge >= 0.3 is 51.8 Å². The number of carbonyl (C=O) groups is 2. The molecule has 68 heavy (non-hydrogen) atoms. The summed E-state index contributed by atoms with van der Waals surface area (Å²) < 4.78 is 79.0. The van der Waals surface area contributed by atoms with Crippen LogP contribution in [0.1, 0.15) is 170 Å². The molecule has 0 bridgehead atoms. The first kappa shape index (κ1) is 60.1. The summed E-state index contributed by atoms with van der Waals surface area (Å²) in [7, 11) is -7.44. The second-order valence-electron chi connectivity index (χ2n) is 24.2. The van der Waals surface area contributed by atoms with Gasteiger partial charge in [0.15, 0.2) is 10.3 Å². The summed E-state index contributed by atoms with van der Waals surface area (Å²) in [5.41, 5.74) is 0.330. The first-order valence-electron chi connectivity index (χ1n) is 25.4. The number of rotatable bonds is 12. The molecule has 8 saturated carbocycles. The van der Waals surface area contributed by atoms with Crippen molar-refractivity contribution in [2.24, 2.45) is 92.7 Å². The van der Waals surface area contributed by atoms with Crippen LogP contribution in [-0.4, -0.2) is 90.1 Å². The number of ether oxygens (including phenoxy) is 1. The van der Waals surface area contributed by atoms with Crippen LogP contribution in [0.2, 0.25) is 0 Å². The van der Waals surface area contributed by atoms with Crippen LogP contribution >= 0.6 is 0 Å². The van der Waals surface area contributed by atoms with Gasteiger partial charge in [-0.2, -0.15) is 13.1 Å². The Bertz CT molecular complexity index is 1970. The molecule has 8 aliphatic rings. The number of hydrogen-bond acceptors (Lipinski definition) is 11. The number of nitrogens with one attached hydrogen (secondary N) is 2. The molecule has 8 rings (SSSR count). The van der Waals surface area contributed by atoms with Gasteiger partial charge in [-0.3, -0.25) is 14.1 Å². The Hall–Kier alpha value is -0.480. The molecule has 0 spiro atoms. The summed E-state index contributed by atoms with van der Waals surface area (Å²) in [6.45, 7) is 13.9. The van der Waals surface area contributed by atoms with Crippen LogP contribution in [0.5, 0.6) is 0 Å². The summed E-state index contributed by atoms with van der Waals surface area (Å²) in [5.74, 6) is 3.01. The van der Waals surface area contributed by atoms with Crippen LogP contribution in [0.25, 0.3) is 0 Å². The molecule has 0 aliphatic heterocycles. The van der Waals surface area contributed by atoms with E-state index in [1.54, 1.807) is 0 Å². The Balaban J connectivity index is 0.000000284. The van der Waals surface area contributed by atoms with E-state index in [0.717, 1.165) is 89.9 Å². The van der Waals surface area contributed by atoms with Gasteiger partial charge in [-0.15, -0.1) is 0 Å². The van der Waals surface area contributed by atoms with E-state index in [1.807, 2.05) is 0 Å². The Morgan fingerprint density at radius 3 is 1.41 bits per heavy atom. The van der Waals surface area contributed by atoms with Crippen LogP contribution in [0, 0.1) is 92.7 Å². The fourth-order valence-corrected chi connectivity index (χ4v) is 19.5. The Morgan fingerprint density at radius 2 is 1.03 bits per heavy atom. The Labute approximate surface area is 430 Å². The van der Waals surface area contributed by atoms with Crippen molar-refractivity contribution >= 4 is 32.5 Å². The molecule has 19 heteroatoms. The van der Waals surface area contributed by atoms with E-state index >= 15 is 0 Å². The second kappa shape index (κ2) is 22.6. The van der Waals surface area contributed by atoms with Crippen LogP contribution in [0.4, 0.5) is 0 Å². The van der Waals surface area contributed by atoms with Gasteiger partial charge in [-0.1, -0.05) is 41.5 Å². The number of quaternary nitrogens is 1. The van der Waals surface area contributed by atoms with Gasteiger partial charge in [0.1, 0.15) is 0 Å². The molecule has 20 atom stereocenters. The first-order valence-corrected chi connectivity index (χ1v) is 28.2. The molecule has 11 N–H and O–H groups in total. The molecule has 0 aromatic carbocycles. The molecular formula is C49H88N3NaO13S2. The van der Waals surface area contributed by atoms with Crippen LogP contribution in [0.3, 0.4) is 0 Å². The zero-order valence-electron chi connectivity index (χ0n) is 42.7. The van der Waals surface area contributed by atoms with Crippen LogP contribution in [-0.2, 0) is 34.9 Å². The summed E-state index contributed by atoms with van der Waals surface area (Å²) >= 11 is 0. The van der Waals surface area contributed by atoms with Gasteiger partial charge in [0.05, 0.1) is 19.3 Å². The molecule has 0 radical (unpaired) electrons. The van der Waals surface area contributed by atoms with Crippen LogP contribution in [0.15, 0.2) is 0 Å². The summed E-state index contributed by atoms with van der Waals surface area (Å²) in [4.78, 5) is 22.8. The smallest absolute Gasteiger partial charge is 0.870 e. The van der Waals surface area contributed by atoms with Gasteiger partial charge in [-0.25, -0.2) is 13.1 Å². The number of carboxylic acids is 1. The number of carbonyl (C=O) groups excluding carboxylic acids is 1. The predicted molar refractivity (Wildman–Crippen MR) is 253 cm³/mol. The number of carboxylic acid groups (broad SMARTS) is 1. The van der Waals surface area contributed by atoms with E-state index < -0.39 is 26.6 Å². The largest absolute Gasteiger partial charge is 1.00 e. The molecular weight excluding hydrogens is 926 g/mol. The van der Waals surface area contributed by atoms with E-state index in [2.05, 4.69) is 51.0 Å². The van der Waals surface area contributed by atoms with Gasteiger partial charge < -0.3 is 36.2 Å². The van der Waals surface area contributed by atoms with Gasteiger partial charge in [0.25, 0.3) is 0 Å². The number of aliphatic hydroxyl groups excluding tert-OH is 2. The van der Waals surface area contributed by atoms with Gasteiger partial charge in [0.2, 0.25) is 0 Å². The molecule has 0 aromatic rings. The zero-order chi connectivity index (χ0) is 47.7. The van der Waals surface area contributed by atoms with Gasteiger partial charge in [0, 0.05) is 24.9 Å². The minimum Gasteiger partial charge on any atom is -0.870 e. The number of aliphatic carboxylic acids is 1. The zero-order valence-corrected chi connectivity index (χ0v) is 46.3. The predicted octanol–water partition coefficient (Wildman–Crippen LogP) is 4.71. The fraction of sp³-hybridized carbons (Fsp3) is 0.959. The van der Waals surface area contributed by atoms with Crippen molar-refractivity contribution in [3.8, 4) is 0 Å². The summed E-state index contributed by atoms with van der Waals surface area (Å²) in [6.07, 6.45) is 16.2. The maximum atomic E-state index is 12.0. The van der Waals surface area contributed by atoms with Crippen molar-refractivity contribution in [3.63, 3.8) is 0 Å². The average molecular weight is 1010 g/mol. The number of methoxy groups -OCH3 is 1. The van der Waals surface area contributed by atoms with E-state index in [-0.39, 0.29) is 123 Å². The molecule has 390 valence electrons. The fourth-order valence-electron chi connectivity index (χ4n) is 18.3. The van der Waals surface area contributed by atoms with E-state index in [4.69, 9.17) is 9.84 Å². The molecule has 0 unspecified atom stereocenters. The van der Waals surface area contributed by atoms with Crippen molar-refractivity contribution in [1.29, 1.82) is 0 Å². The minimum atomic E-state index is -4.57. The average Bonchev–Trinajstić information content (AvgIpc) is 3.76. The van der Waals surface area contributed by atoms with Crippen LogP contribution < -0.4 is 45.2 Å². The summed E-state index contributed by atoms with van der Waals surface area (Å²) in [6, 6.07) is -0.661. The topological polar surface area (TPSA) is 306 Å². The molecule has 16 nitrogen and oxygen atoms in total. The molecule has 0 heterocycles. The maximum absolute atomic E-state index is 12.0. The number of esters is 1. The Kier molecular flexibility index (Phi) is 19.9. The Morgan fingerprint density at radius 1 is 0.647 bits per heavy atom. The van der Waals surface area contributed by atoms with E-state index in [0.29, 0.717) is 79.4 Å². The third-order valence-electron chi connectivity index (χ3n) is 21.3. The minimum absolute atomic E-state index is 0. The molecule has 0 saturated heterocycles. The van der Waals surface area contributed by atoms with Crippen molar-refractivity contribution in [2.45, 2.75) is 194 Å². The van der Waals surface area contributed by atoms with Gasteiger partial charge in [-0.05, 0) is 208 Å². The van der Waals surface area contributed by atoms with Crippen molar-refractivity contribution in [1.82, 2.24) is 15.6 Å². The summed E-state index contributed by atoms with van der Waals surface area (Å²) in [5, 5.41) is 29.8. The third-order valence-corrected chi connectivity index (χ3v) is 22.5. The third kappa shape index (κ3) is 11.9. The molecule has 8 aliphatic carbocycles. The number of hydrogen-bond donors (Lipinski definition) is 7. The SMILES string of the molecule is COC(=O)CC[C@@H](C)[C@H]1CC[C@H]2[C@@H]3[C@H](NS(=O)(=O)O)C[C@@H]4C[C@H](O)CC[C@]4(C)[C@H]3CC[C@]12C.C[C@H](CCC(=O)O)[C@H]1CC[C@H]2[C@@H]3[C@H](NS(=O)(=O)[O-])C[C@@H]4C[C@H](O)CC[C@]4(C)[C@H]3CC[C@]12C.[NH4+].[Na+].[OH-]. The molecule has 0 aromatic heterocycles. The molecule has 8 fully saturated rings. The van der Waals surface area contributed by atoms with Crippen molar-refractivity contribution in [3.05, 3.63) is 0 Å². The van der Waals surface area contributed by atoms with Crippen molar-refractivity contribution in [2.75, 3.05) is 7.11 Å². The first-order chi connectivity index (χ1) is 30.2. The second-order valence-corrected chi connectivity index (χ2v) is 26.5. The number of aliphatic hydroxyl groups is 2. The van der Waals surface area contributed by atoms with E-state index in [9.17, 15) is 45.7 Å².